The molecule has 0 aliphatic carbocycles. The number of nitrogens with one attached hydrogen (secondary N) is 1. The Hall–Kier alpha value is -3.50. The predicted molar refractivity (Wildman–Crippen MR) is 102 cm³/mol. The summed E-state index contributed by atoms with van der Waals surface area (Å²) >= 11 is 1.50. The molecular weight excluding hydrogens is 362 g/mol. The summed E-state index contributed by atoms with van der Waals surface area (Å²) in [5.74, 6) is -0.871. The third kappa shape index (κ3) is 5.00. The summed E-state index contributed by atoms with van der Waals surface area (Å²) in [6.07, 6.45) is -0.220. The molecule has 0 bridgehead atoms. The number of aromatic nitrogens is 1. The van der Waals surface area contributed by atoms with Crippen molar-refractivity contribution in [2.75, 3.05) is 5.32 Å². The fourth-order valence-electron chi connectivity index (χ4n) is 2.28. The highest BCUT2D eigenvalue weighted by atomic mass is 32.1. The lowest BCUT2D eigenvalue weighted by molar-refractivity contribution is -0.115. The van der Waals surface area contributed by atoms with E-state index in [0.29, 0.717) is 16.9 Å². The molecule has 1 amide bonds. The number of nitrogens with zero attached hydrogens (tertiary/aromatic N) is 2. The maximum absolute atomic E-state index is 12.2. The van der Waals surface area contributed by atoms with Crippen LogP contribution in [0.25, 0.3) is 10.6 Å². The van der Waals surface area contributed by atoms with Crippen LogP contribution in [-0.2, 0) is 16.1 Å². The van der Waals surface area contributed by atoms with Gasteiger partial charge in [-0.05, 0) is 24.3 Å². The Labute approximate surface area is 160 Å². The minimum Gasteiger partial charge on any atom is -0.456 e. The zero-order valence-electron chi connectivity index (χ0n) is 14.2. The average Bonchev–Trinajstić information content (AvgIpc) is 3.17. The van der Waals surface area contributed by atoms with Gasteiger partial charge in [0, 0.05) is 16.6 Å². The van der Waals surface area contributed by atoms with Gasteiger partial charge in [-0.2, -0.15) is 5.26 Å². The highest BCUT2D eigenvalue weighted by Gasteiger charge is 2.10. The van der Waals surface area contributed by atoms with Crippen molar-refractivity contribution in [3.05, 3.63) is 71.2 Å². The molecule has 1 N–H and O–H groups in total. The molecule has 1 aromatic heterocycles. The van der Waals surface area contributed by atoms with Crippen molar-refractivity contribution in [3.63, 3.8) is 0 Å². The Morgan fingerprint density at radius 2 is 1.85 bits per heavy atom. The normalized spacial score (nSPS) is 10.0. The third-order valence-corrected chi connectivity index (χ3v) is 4.51. The summed E-state index contributed by atoms with van der Waals surface area (Å²) in [6, 6.07) is 17.8. The van der Waals surface area contributed by atoms with Gasteiger partial charge in [-0.15, -0.1) is 11.3 Å². The highest BCUT2D eigenvalue weighted by molar-refractivity contribution is 7.13. The summed E-state index contributed by atoms with van der Waals surface area (Å²) in [5.41, 5.74) is 2.59. The summed E-state index contributed by atoms with van der Waals surface area (Å²) in [4.78, 5) is 28.0. The van der Waals surface area contributed by atoms with Crippen LogP contribution in [0.15, 0.2) is 60.0 Å². The fraction of sp³-hybridized carbons (Fsp3) is 0.100. The van der Waals surface area contributed by atoms with Crippen molar-refractivity contribution in [3.8, 4) is 16.6 Å². The van der Waals surface area contributed by atoms with E-state index in [2.05, 4.69) is 10.3 Å². The van der Waals surface area contributed by atoms with Crippen LogP contribution in [0.3, 0.4) is 0 Å². The SMILES string of the molecule is N#CCC(=O)Nc1ccc(C(=O)OCc2csc(-c3ccccc3)n2)cc1. The number of esters is 1. The van der Waals surface area contributed by atoms with Crippen LogP contribution in [0.1, 0.15) is 22.5 Å². The number of nitriles is 1. The van der Waals surface area contributed by atoms with E-state index < -0.39 is 11.9 Å². The molecule has 0 spiro atoms. The van der Waals surface area contributed by atoms with Gasteiger partial charge in [-0.1, -0.05) is 30.3 Å². The number of hydrogen-bond donors (Lipinski definition) is 1. The van der Waals surface area contributed by atoms with Crippen LogP contribution in [0.2, 0.25) is 0 Å². The minimum atomic E-state index is -0.473. The Bertz CT molecular complexity index is 976. The Morgan fingerprint density at radius 1 is 1.11 bits per heavy atom. The molecule has 0 saturated carbocycles. The van der Waals surface area contributed by atoms with E-state index in [1.54, 1.807) is 30.3 Å². The minimum absolute atomic E-state index is 0.0861. The van der Waals surface area contributed by atoms with E-state index >= 15 is 0 Å². The number of rotatable bonds is 6. The zero-order chi connectivity index (χ0) is 19.1. The second-order valence-electron chi connectivity index (χ2n) is 5.55. The maximum Gasteiger partial charge on any atom is 0.338 e. The molecule has 0 atom stereocenters. The first kappa shape index (κ1) is 18.3. The topological polar surface area (TPSA) is 92.1 Å². The number of amides is 1. The Morgan fingerprint density at radius 3 is 2.56 bits per heavy atom. The first-order chi connectivity index (χ1) is 13.2. The quantitative estimate of drug-likeness (QED) is 0.655. The van der Waals surface area contributed by atoms with Crippen LogP contribution in [0, 0.1) is 11.3 Å². The monoisotopic (exact) mass is 377 g/mol. The van der Waals surface area contributed by atoms with Crippen molar-refractivity contribution >= 4 is 28.9 Å². The van der Waals surface area contributed by atoms with E-state index in [-0.39, 0.29) is 13.0 Å². The zero-order valence-corrected chi connectivity index (χ0v) is 15.0. The number of hydrogen-bond acceptors (Lipinski definition) is 6. The number of carbonyl (C=O) groups is 2. The molecule has 0 saturated heterocycles. The number of carbonyl (C=O) groups excluding carboxylic acids is 2. The number of benzene rings is 2. The van der Waals surface area contributed by atoms with Crippen LogP contribution in [0.5, 0.6) is 0 Å². The van der Waals surface area contributed by atoms with Gasteiger partial charge in [0.05, 0.1) is 17.3 Å². The smallest absolute Gasteiger partial charge is 0.338 e. The lowest BCUT2D eigenvalue weighted by Gasteiger charge is -2.05. The van der Waals surface area contributed by atoms with Gasteiger partial charge in [0.1, 0.15) is 18.0 Å². The molecule has 0 aliphatic rings. The van der Waals surface area contributed by atoms with Crippen LogP contribution in [-0.4, -0.2) is 16.9 Å². The van der Waals surface area contributed by atoms with E-state index in [1.165, 1.54) is 11.3 Å². The van der Waals surface area contributed by atoms with Gasteiger partial charge in [-0.25, -0.2) is 9.78 Å². The van der Waals surface area contributed by atoms with Crippen LogP contribution < -0.4 is 5.32 Å². The molecule has 0 radical (unpaired) electrons. The molecular formula is C20H15N3O3S. The molecule has 0 fully saturated rings. The Balaban J connectivity index is 1.56. The van der Waals surface area contributed by atoms with Crippen molar-refractivity contribution in [2.45, 2.75) is 13.0 Å². The molecule has 3 rings (SSSR count). The molecule has 0 aliphatic heterocycles. The Kier molecular flexibility index (Phi) is 5.92. The first-order valence-electron chi connectivity index (χ1n) is 8.09. The average molecular weight is 377 g/mol. The van der Waals surface area contributed by atoms with Gasteiger partial charge in [-0.3, -0.25) is 4.79 Å². The molecule has 2 aromatic carbocycles. The van der Waals surface area contributed by atoms with E-state index in [1.807, 2.05) is 35.7 Å². The van der Waals surface area contributed by atoms with Crippen molar-refractivity contribution in [2.24, 2.45) is 0 Å². The lowest BCUT2D eigenvalue weighted by Crippen LogP contribution is -2.10. The summed E-state index contributed by atoms with van der Waals surface area (Å²) < 4.78 is 5.30. The van der Waals surface area contributed by atoms with Gasteiger partial charge in [0.15, 0.2) is 0 Å². The van der Waals surface area contributed by atoms with Crippen LogP contribution >= 0.6 is 11.3 Å². The first-order valence-corrected chi connectivity index (χ1v) is 8.97. The fourth-order valence-corrected chi connectivity index (χ4v) is 3.09. The molecule has 6 nitrogen and oxygen atoms in total. The predicted octanol–water partition coefficient (Wildman–Crippen LogP) is 4.02. The van der Waals surface area contributed by atoms with Gasteiger partial charge in [0.2, 0.25) is 5.91 Å². The maximum atomic E-state index is 12.2. The summed E-state index contributed by atoms with van der Waals surface area (Å²) in [7, 11) is 0. The molecule has 7 heteroatoms. The number of anilines is 1. The van der Waals surface area contributed by atoms with Crippen molar-refractivity contribution in [1.82, 2.24) is 4.98 Å². The third-order valence-electron chi connectivity index (χ3n) is 3.57. The van der Waals surface area contributed by atoms with Gasteiger partial charge in [0.25, 0.3) is 0 Å². The second-order valence-corrected chi connectivity index (χ2v) is 6.40. The molecule has 3 aromatic rings. The van der Waals surface area contributed by atoms with Gasteiger partial charge >= 0.3 is 5.97 Å². The standard InChI is InChI=1S/C20H15N3O3S/c21-11-10-18(24)22-16-8-6-15(7-9-16)20(25)26-12-17-13-27-19(23-17)14-4-2-1-3-5-14/h1-9,13H,10,12H2,(H,22,24). The molecule has 1 heterocycles. The highest BCUT2D eigenvalue weighted by Crippen LogP contribution is 2.23. The van der Waals surface area contributed by atoms with E-state index in [4.69, 9.17) is 10.00 Å². The van der Waals surface area contributed by atoms with Crippen molar-refractivity contribution in [1.29, 1.82) is 5.26 Å². The van der Waals surface area contributed by atoms with E-state index in [9.17, 15) is 9.59 Å². The number of thiazole rings is 1. The molecule has 134 valence electrons. The number of ether oxygens (including phenoxy) is 1. The van der Waals surface area contributed by atoms with Crippen LogP contribution in [0.4, 0.5) is 5.69 Å². The molecule has 27 heavy (non-hydrogen) atoms. The molecule has 0 unspecified atom stereocenters. The summed E-state index contributed by atoms with van der Waals surface area (Å²) in [5, 5.41) is 13.8. The summed E-state index contributed by atoms with van der Waals surface area (Å²) in [6.45, 7) is 0.0861. The van der Waals surface area contributed by atoms with E-state index in [0.717, 1.165) is 10.6 Å². The lowest BCUT2D eigenvalue weighted by atomic mass is 10.2. The largest absolute Gasteiger partial charge is 0.456 e. The van der Waals surface area contributed by atoms with Crippen molar-refractivity contribution < 1.29 is 14.3 Å². The second kappa shape index (κ2) is 8.74. The van der Waals surface area contributed by atoms with Gasteiger partial charge < -0.3 is 10.1 Å².